The first-order valence-electron chi connectivity index (χ1n) is 8.05. The molecule has 0 aromatic carbocycles. The molecular formula is C16H32O. The van der Waals surface area contributed by atoms with Crippen LogP contribution in [0.15, 0.2) is 0 Å². The van der Waals surface area contributed by atoms with E-state index in [2.05, 4.69) is 6.92 Å². The van der Waals surface area contributed by atoms with Gasteiger partial charge in [-0.15, -0.1) is 0 Å². The van der Waals surface area contributed by atoms with Gasteiger partial charge in [0.1, 0.15) is 0 Å². The summed E-state index contributed by atoms with van der Waals surface area (Å²) < 4.78 is 5.86. The van der Waals surface area contributed by atoms with Gasteiger partial charge in [0.25, 0.3) is 0 Å². The zero-order valence-electron chi connectivity index (χ0n) is 11.9. The average Bonchev–Trinajstić information content (AvgIpc) is 2.85. The SMILES string of the molecule is CCCCCCCCCCCOC1CCCC1. The molecule has 17 heavy (non-hydrogen) atoms. The molecule has 1 aliphatic carbocycles. The topological polar surface area (TPSA) is 9.23 Å². The summed E-state index contributed by atoms with van der Waals surface area (Å²) in [6, 6.07) is 0. The van der Waals surface area contributed by atoms with Crippen molar-refractivity contribution >= 4 is 0 Å². The Bertz CT molecular complexity index is 150. The van der Waals surface area contributed by atoms with Gasteiger partial charge < -0.3 is 4.74 Å². The van der Waals surface area contributed by atoms with E-state index in [-0.39, 0.29) is 0 Å². The van der Waals surface area contributed by atoms with Crippen LogP contribution < -0.4 is 0 Å². The Kier molecular flexibility index (Phi) is 9.78. The maximum Gasteiger partial charge on any atom is 0.0575 e. The van der Waals surface area contributed by atoms with Gasteiger partial charge in [0.2, 0.25) is 0 Å². The highest BCUT2D eigenvalue weighted by atomic mass is 16.5. The first-order chi connectivity index (χ1) is 8.43. The van der Waals surface area contributed by atoms with Crippen LogP contribution in [0.1, 0.15) is 90.4 Å². The molecule has 0 heterocycles. The van der Waals surface area contributed by atoms with Crippen molar-refractivity contribution in [2.24, 2.45) is 0 Å². The summed E-state index contributed by atoms with van der Waals surface area (Å²) in [5, 5.41) is 0. The smallest absolute Gasteiger partial charge is 0.0575 e. The van der Waals surface area contributed by atoms with Crippen LogP contribution in [0.3, 0.4) is 0 Å². The van der Waals surface area contributed by atoms with Gasteiger partial charge in [-0.25, -0.2) is 0 Å². The van der Waals surface area contributed by atoms with Crippen LogP contribution >= 0.6 is 0 Å². The van der Waals surface area contributed by atoms with Crippen LogP contribution in [0.25, 0.3) is 0 Å². The van der Waals surface area contributed by atoms with E-state index < -0.39 is 0 Å². The van der Waals surface area contributed by atoms with Gasteiger partial charge in [0.05, 0.1) is 6.10 Å². The molecule has 1 saturated carbocycles. The molecular weight excluding hydrogens is 208 g/mol. The van der Waals surface area contributed by atoms with E-state index in [1.54, 1.807) is 0 Å². The monoisotopic (exact) mass is 240 g/mol. The molecule has 0 radical (unpaired) electrons. The molecule has 0 bridgehead atoms. The predicted octanol–water partition coefficient (Wildman–Crippen LogP) is 5.48. The third kappa shape index (κ3) is 8.65. The van der Waals surface area contributed by atoms with E-state index in [0.717, 1.165) is 6.61 Å². The first kappa shape index (κ1) is 15.0. The molecule has 1 heteroatoms. The molecule has 0 aromatic heterocycles. The molecule has 0 aromatic rings. The summed E-state index contributed by atoms with van der Waals surface area (Å²) in [6.07, 6.45) is 18.7. The van der Waals surface area contributed by atoms with E-state index in [4.69, 9.17) is 4.74 Å². The zero-order chi connectivity index (χ0) is 12.2. The van der Waals surface area contributed by atoms with Crippen molar-refractivity contribution in [2.75, 3.05) is 6.61 Å². The number of hydrogen-bond acceptors (Lipinski definition) is 1. The van der Waals surface area contributed by atoms with Gasteiger partial charge in [0.15, 0.2) is 0 Å². The molecule has 0 amide bonds. The first-order valence-corrected chi connectivity index (χ1v) is 8.05. The van der Waals surface area contributed by atoms with E-state index in [1.807, 2.05) is 0 Å². The average molecular weight is 240 g/mol. The van der Waals surface area contributed by atoms with E-state index in [0.29, 0.717) is 6.10 Å². The summed E-state index contributed by atoms with van der Waals surface area (Å²) in [5.41, 5.74) is 0. The maximum atomic E-state index is 5.86. The highest BCUT2D eigenvalue weighted by molar-refractivity contribution is 4.66. The third-order valence-corrected chi connectivity index (χ3v) is 3.90. The van der Waals surface area contributed by atoms with Crippen molar-refractivity contribution in [3.8, 4) is 0 Å². The molecule has 0 spiro atoms. The Balaban J connectivity index is 1.69. The Labute approximate surface area is 108 Å². The fourth-order valence-electron chi connectivity index (χ4n) is 2.72. The fraction of sp³-hybridized carbons (Fsp3) is 1.00. The lowest BCUT2D eigenvalue weighted by Gasteiger charge is -2.10. The minimum atomic E-state index is 0.615. The summed E-state index contributed by atoms with van der Waals surface area (Å²) in [6.45, 7) is 3.30. The number of unbranched alkanes of at least 4 members (excludes halogenated alkanes) is 8. The molecule has 1 nitrogen and oxygen atoms in total. The van der Waals surface area contributed by atoms with Crippen molar-refractivity contribution in [3.63, 3.8) is 0 Å². The normalized spacial score (nSPS) is 16.8. The van der Waals surface area contributed by atoms with Gasteiger partial charge in [-0.3, -0.25) is 0 Å². The van der Waals surface area contributed by atoms with Crippen LogP contribution in [0, 0.1) is 0 Å². The van der Waals surface area contributed by atoms with Gasteiger partial charge in [0, 0.05) is 6.61 Å². The second-order valence-electron chi connectivity index (χ2n) is 5.61. The van der Waals surface area contributed by atoms with Crippen molar-refractivity contribution < 1.29 is 4.74 Å². The highest BCUT2D eigenvalue weighted by Gasteiger charge is 2.14. The van der Waals surface area contributed by atoms with Crippen molar-refractivity contribution in [1.82, 2.24) is 0 Å². The van der Waals surface area contributed by atoms with Gasteiger partial charge in [-0.1, -0.05) is 71.1 Å². The van der Waals surface area contributed by atoms with Crippen LogP contribution in [-0.4, -0.2) is 12.7 Å². The van der Waals surface area contributed by atoms with E-state index in [1.165, 1.54) is 83.5 Å². The second kappa shape index (κ2) is 11.1. The van der Waals surface area contributed by atoms with Crippen molar-refractivity contribution in [1.29, 1.82) is 0 Å². The number of hydrogen-bond donors (Lipinski definition) is 0. The van der Waals surface area contributed by atoms with Crippen LogP contribution in [0.4, 0.5) is 0 Å². The summed E-state index contributed by atoms with van der Waals surface area (Å²) >= 11 is 0. The van der Waals surface area contributed by atoms with Crippen LogP contribution in [-0.2, 0) is 4.74 Å². The summed E-state index contributed by atoms with van der Waals surface area (Å²) in [4.78, 5) is 0. The molecule has 102 valence electrons. The molecule has 0 atom stereocenters. The van der Waals surface area contributed by atoms with Crippen molar-refractivity contribution in [3.05, 3.63) is 0 Å². The summed E-state index contributed by atoms with van der Waals surface area (Å²) in [7, 11) is 0. The van der Waals surface area contributed by atoms with Crippen LogP contribution in [0.5, 0.6) is 0 Å². The Morgan fingerprint density at radius 3 is 1.88 bits per heavy atom. The molecule has 0 aliphatic heterocycles. The number of rotatable bonds is 11. The van der Waals surface area contributed by atoms with E-state index >= 15 is 0 Å². The lowest BCUT2D eigenvalue weighted by atomic mass is 10.1. The molecule has 0 N–H and O–H groups in total. The van der Waals surface area contributed by atoms with Gasteiger partial charge >= 0.3 is 0 Å². The minimum absolute atomic E-state index is 0.615. The quantitative estimate of drug-likeness (QED) is 0.435. The molecule has 1 fully saturated rings. The molecule has 1 rings (SSSR count). The summed E-state index contributed by atoms with van der Waals surface area (Å²) in [5.74, 6) is 0. The lowest BCUT2D eigenvalue weighted by molar-refractivity contribution is 0.0556. The lowest BCUT2D eigenvalue weighted by Crippen LogP contribution is -2.08. The fourth-order valence-corrected chi connectivity index (χ4v) is 2.72. The van der Waals surface area contributed by atoms with E-state index in [9.17, 15) is 0 Å². The third-order valence-electron chi connectivity index (χ3n) is 3.90. The zero-order valence-corrected chi connectivity index (χ0v) is 11.9. The second-order valence-corrected chi connectivity index (χ2v) is 5.61. The Hall–Kier alpha value is -0.0400. The van der Waals surface area contributed by atoms with Crippen molar-refractivity contribution in [2.45, 2.75) is 96.5 Å². The largest absolute Gasteiger partial charge is 0.378 e. The van der Waals surface area contributed by atoms with Crippen LogP contribution in [0.2, 0.25) is 0 Å². The standard InChI is InChI=1S/C16H32O/c1-2-3-4-5-6-7-8-9-12-15-17-16-13-10-11-14-16/h16H,2-15H2,1H3. The molecule has 0 saturated heterocycles. The predicted molar refractivity (Wildman–Crippen MR) is 75.4 cm³/mol. The maximum absolute atomic E-state index is 5.86. The highest BCUT2D eigenvalue weighted by Crippen LogP contribution is 2.21. The minimum Gasteiger partial charge on any atom is -0.378 e. The Morgan fingerprint density at radius 2 is 1.29 bits per heavy atom. The van der Waals surface area contributed by atoms with Gasteiger partial charge in [-0.2, -0.15) is 0 Å². The van der Waals surface area contributed by atoms with Gasteiger partial charge in [-0.05, 0) is 19.3 Å². The molecule has 1 aliphatic rings. The Morgan fingerprint density at radius 1 is 0.765 bits per heavy atom. The molecule has 0 unspecified atom stereocenters. The number of ether oxygens (including phenoxy) is 1.